The number of nitrogens with zero attached hydrogens (tertiary/aromatic N) is 2. The number of hydrogen-bond acceptors (Lipinski definition) is 6. The van der Waals surface area contributed by atoms with Crippen molar-refractivity contribution in [1.29, 1.82) is 0 Å². The molecule has 8 heteroatoms. The molecule has 5 rings (SSSR count). The van der Waals surface area contributed by atoms with E-state index in [0.717, 1.165) is 46.1 Å². The highest BCUT2D eigenvalue weighted by atomic mass is 79.9. The van der Waals surface area contributed by atoms with Crippen LogP contribution in [0, 0.1) is 5.92 Å². The first-order valence-electron chi connectivity index (χ1n) is 12.8. The van der Waals surface area contributed by atoms with Gasteiger partial charge in [0.25, 0.3) is 5.91 Å². The second kappa shape index (κ2) is 11.5. The second-order valence-corrected chi connectivity index (χ2v) is 10.4. The highest BCUT2D eigenvalue weighted by Gasteiger charge is 2.44. The summed E-state index contributed by atoms with van der Waals surface area (Å²) in [6.07, 6.45) is 4.94. The third kappa shape index (κ3) is 5.26. The van der Waals surface area contributed by atoms with E-state index in [0.29, 0.717) is 28.6 Å². The smallest absolute Gasteiger partial charge is 0.274 e. The van der Waals surface area contributed by atoms with Crippen LogP contribution in [0.15, 0.2) is 75.8 Å². The summed E-state index contributed by atoms with van der Waals surface area (Å²) in [6.45, 7) is 0. The van der Waals surface area contributed by atoms with Crippen molar-refractivity contribution in [2.24, 2.45) is 11.0 Å². The number of hydrogen-bond donors (Lipinski definition) is 0. The Hall–Kier alpha value is -3.78. The number of hydrazone groups is 1. The predicted molar refractivity (Wildman–Crippen MR) is 155 cm³/mol. The first-order valence-corrected chi connectivity index (χ1v) is 13.6. The average Bonchev–Trinajstić information content (AvgIpc) is 3.37. The highest BCUT2D eigenvalue weighted by Crippen LogP contribution is 2.46. The molecule has 0 bridgehead atoms. The number of rotatable bonds is 7. The minimum atomic E-state index is -0.273. The normalized spacial score (nSPS) is 19.4. The van der Waals surface area contributed by atoms with Gasteiger partial charge in [0.1, 0.15) is 0 Å². The van der Waals surface area contributed by atoms with Gasteiger partial charge in [0.2, 0.25) is 0 Å². The van der Waals surface area contributed by atoms with E-state index in [1.807, 2.05) is 60.7 Å². The SMILES string of the molecule is COc1ccc(/C=C2\CCC[C@@H]3C2=NN(C(=O)c2ccc(Br)cc2)[C@@H]3c2ccc(OC)c(OC)c2)cc1OC. The fourth-order valence-electron chi connectivity index (χ4n) is 5.41. The van der Waals surface area contributed by atoms with E-state index in [2.05, 4.69) is 22.0 Å². The van der Waals surface area contributed by atoms with E-state index in [1.165, 1.54) is 0 Å². The first kappa shape index (κ1) is 26.8. The minimum Gasteiger partial charge on any atom is -0.493 e. The lowest BCUT2D eigenvalue weighted by molar-refractivity contribution is 0.0680. The summed E-state index contributed by atoms with van der Waals surface area (Å²) in [7, 11) is 6.49. The Balaban J connectivity index is 1.59. The number of allylic oxidation sites excluding steroid dienone is 1. The second-order valence-electron chi connectivity index (χ2n) is 9.48. The van der Waals surface area contributed by atoms with Gasteiger partial charge in [-0.1, -0.05) is 28.1 Å². The number of carbonyl (C=O) groups is 1. The molecule has 0 aromatic heterocycles. The van der Waals surface area contributed by atoms with E-state index in [-0.39, 0.29) is 17.9 Å². The number of benzene rings is 3. The van der Waals surface area contributed by atoms with Gasteiger partial charge >= 0.3 is 0 Å². The van der Waals surface area contributed by atoms with Crippen LogP contribution >= 0.6 is 15.9 Å². The van der Waals surface area contributed by atoms with E-state index in [1.54, 1.807) is 33.4 Å². The molecule has 202 valence electrons. The molecule has 7 nitrogen and oxygen atoms in total. The summed E-state index contributed by atoms with van der Waals surface area (Å²) in [6, 6.07) is 18.8. The minimum absolute atomic E-state index is 0.0441. The number of ether oxygens (including phenoxy) is 4. The molecule has 1 saturated carbocycles. The Bertz CT molecular complexity index is 1430. The average molecular weight is 592 g/mol. The molecule has 1 aliphatic heterocycles. The largest absolute Gasteiger partial charge is 0.493 e. The van der Waals surface area contributed by atoms with Crippen molar-refractivity contribution in [3.63, 3.8) is 0 Å². The van der Waals surface area contributed by atoms with Crippen molar-refractivity contribution in [2.45, 2.75) is 25.3 Å². The van der Waals surface area contributed by atoms with E-state index in [9.17, 15) is 4.79 Å². The van der Waals surface area contributed by atoms with Gasteiger partial charge in [-0.15, -0.1) is 0 Å². The maximum atomic E-state index is 13.9. The van der Waals surface area contributed by atoms with Gasteiger partial charge in [-0.05, 0) is 90.6 Å². The van der Waals surface area contributed by atoms with Gasteiger partial charge in [-0.3, -0.25) is 4.79 Å². The zero-order valence-corrected chi connectivity index (χ0v) is 24.0. The Morgan fingerprint density at radius 2 is 1.51 bits per heavy atom. The van der Waals surface area contributed by atoms with Crippen molar-refractivity contribution < 1.29 is 23.7 Å². The van der Waals surface area contributed by atoms with Crippen molar-refractivity contribution in [1.82, 2.24) is 5.01 Å². The van der Waals surface area contributed by atoms with Crippen LogP contribution in [0.25, 0.3) is 6.08 Å². The van der Waals surface area contributed by atoms with Crippen LogP contribution in [-0.4, -0.2) is 45.1 Å². The van der Waals surface area contributed by atoms with Crippen molar-refractivity contribution in [3.8, 4) is 23.0 Å². The van der Waals surface area contributed by atoms with Crippen LogP contribution in [0.3, 0.4) is 0 Å². The number of fused-ring (bicyclic) bond motifs is 1. The molecule has 2 aliphatic rings. The van der Waals surface area contributed by atoms with Gasteiger partial charge < -0.3 is 18.9 Å². The molecule has 1 heterocycles. The third-order valence-electron chi connectivity index (χ3n) is 7.30. The van der Waals surface area contributed by atoms with Gasteiger partial charge in [0.15, 0.2) is 23.0 Å². The van der Waals surface area contributed by atoms with Gasteiger partial charge in [0.05, 0.1) is 40.2 Å². The van der Waals surface area contributed by atoms with Crippen LogP contribution < -0.4 is 18.9 Å². The van der Waals surface area contributed by atoms with E-state index < -0.39 is 0 Å². The maximum Gasteiger partial charge on any atom is 0.274 e. The number of methoxy groups -OCH3 is 4. The lowest BCUT2D eigenvalue weighted by Gasteiger charge is -2.30. The quantitative estimate of drug-likeness (QED) is 0.299. The highest BCUT2D eigenvalue weighted by molar-refractivity contribution is 9.10. The fourth-order valence-corrected chi connectivity index (χ4v) is 5.67. The molecule has 3 aromatic rings. The van der Waals surface area contributed by atoms with E-state index in [4.69, 9.17) is 24.0 Å². The fraction of sp³-hybridized carbons (Fsp3) is 0.290. The summed E-state index contributed by atoms with van der Waals surface area (Å²) < 4.78 is 22.9. The van der Waals surface area contributed by atoms with Crippen LogP contribution in [0.4, 0.5) is 0 Å². The van der Waals surface area contributed by atoms with Crippen LogP contribution in [0.1, 0.15) is 46.8 Å². The van der Waals surface area contributed by atoms with Gasteiger partial charge in [-0.25, -0.2) is 5.01 Å². The van der Waals surface area contributed by atoms with Crippen molar-refractivity contribution in [2.75, 3.05) is 28.4 Å². The molecule has 0 saturated heterocycles. The van der Waals surface area contributed by atoms with Gasteiger partial charge in [0, 0.05) is 16.0 Å². The molecular formula is C31H31BrN2O5. The molecular weight excluding hydrogens is 560 g/mol. The predicted octanol–water partition coefficient (Wildman–Crippen LogP) is 6.92. The van der Waals surface area contributed by atoms with Gasteiger partial charge in [-0.2, -0.15) is 5.10 Å². The Labute approximate surface area is 237 Å². The monoisotopic (exact) mass is 590 g/mol. The number of amides is 1. The number of halogens is 1. The molecule has 0 unspecified atom stereocenters. The summed E-state index contributed by atoms with van der Waals surface area (Å²) >= 11 is 3.46. The Kier molecular flexibility index (Phi) is 7.93. The van der Waals surface area contributed by atoms with Crippen LogP contribution in [0.5, 0.6) is 23.0 Å². The number of carbonyl (C=O) groups excluding carboxylic acids is 1. The molecule has 39 heavy (non-hydrogen) atoms. The zero-order chi connectivity index (χ0) is 27.5. The lowest BCUT2D eigenvalue weighted by atomic mass is 9.77. The van der Waals surface area contributed by atoms with Crippen molar-refractivity contribution >= 4 is 33.6 Å². The zero-order valence-electron chi connectivity index (χ0n) is 22.4. The standard InChI is InChI=1S/C31H31BrN2O5/c1-36-25-14-8-19(17-27(25)38-3)16-21-6-5-7-24-29(21)33-34(31(35)20-9-12-23(32)13-10-20)30(24)22-11-15-26(37-2)28(18-22)39-4/h8-18,24,30H,5-7H2,1-4H3/b21-16+/t24-,30-/m1/s1. The lowest BCUT2D eigenvalue weighted by Crippen LogP contribution is -2.32. The molecule has 1 amide bonds. The van der Waals surface area contributed by atoms with Crippen LogP contribution in [0.2, 0.25) is 0 Å². The molecule has 0 N–H and O–H groups in total. The Morgan fingerprint density at radius 3 is 2.18 bits per heavy atom. The molecule has 0 radical (unpaired) electrons. The van der Waals surface area contributed by atoms with E-state index >= 15 is 0 Å². The first-order chi connectivity index (χ1) is 19.0. The maximum absolute atomic E-state index is 13.9. The summed E-state index contributed by atoms with van der Waals surface area (Å²) in [4.78, 5) is 13.9. The topological polar surface area (TPSA) is 69.6 Å². The Morgan fingerprint density at radius 1 is 0.872 bits per heavy atom. The molecule has 3 aromatic carbocycles. The summed E-state index contributed by atoms with van der Waals surface area (Å²) in [5, 5.41) is 6.66. The van der Waals surface area contributed by atoms with Crippen LogP contribution in [-0.2, 0) is 0 Å². The summed E-state index contributed by atoms with van der Waals surface area (Å²) in [5.74, 6) is 2.51. The molecule has 0 spiro atoms. The molecule has 1 fully saturated rings. The van der Waals surface area contributed by atoms with Crippen molar-refractivity contribution in [3.05, 3.63) is 87.4 Å². The molecule has 1 aliphatic carbocycles. The molecule has 2 atom stereocenters. The third-order valence-corrected chi connectivity index (χ3v) is 7.83. The summed E-state index contributed by atoms with van der Waals surface area (Å²) in [5.41, 5.74) is 4.59.